The highest BCUT2D eigenvalue weighted by Gasteiger charge is 2.32. The van der Waals surface area contributed by atoms with Gasteiger partial charge in [0.2, 0.25) is 0 Å². The molecule has 1 aliphatic rings. The zero-order valence-corrected chi connectivity index (χ0v) is 13.8. The smallest absolute Gasteiger partial charge is 0.262 e. The molecular weight excluding hydrogens is 324 g/mol. The third-order valence-electron chi connectivity index (χ3n) is 3.84. The highest BCUT2D eigenvalue weighted by molar-refractivity contribution is 7.89. The van der Waals surface area contributed by atoms with Gasteiger partial charge in [-0.1, -0.05) is 11.6 Å². The van der Waals surface area contributed by atoms with Crippen molar-refractivity contribution in [3.05, 3.63) is 41.3 Å². The predicted octanol–water partition coefficient (Wildman–Crippen LogP) is 2.27. The number of rotatable bonds is 3. The van der Waals surface area contributed by atoms with E-state index in [0.29, 0.717) is 13.1 Å². The first-order chi connectivity index (χ1) is 10.5. The maximum atomic E-state index is 12.6. The molecule has 1 fully saturated rings. The van der Waals surface area contributed by atoms with Gasteiger partial charge in [0.05, 0.1) is 17.3 Å². The Morgan fingerprint density at radius 2 is 2.05 bits per heavy atom. The molecule has 2 aromatic rings. The van der Waals surface area contributed by atoms with E-state index in [2.05, 4.69) is 10.1 Å². The fourth-order valence-corrected chi connectivity index (χ4v) is 4.52. The molecular formula is C14H17ClN4O2S. The second-order valence-electron chi connectivity index (χ2n) is 5.42. The van der Waals surface area contributed by atoms with Crippen molar-refractivity contribution in [1.29, 1.82) is 0 Å². The van der Waals surface area contributed by atoms with Crippen LogP contribution in [-0.4, -0.2) is 40.6 Å². The summed E-state index contributed by atoms with van der Waals surface area (Å²) in [6.07, 6.45) is 6.70. The molecule has 0 bridgehead atoms. The van der Waals surface area contributed by atoms with Gasteiger partial charge in [0.1, 0.15) is 0 Å². The average Bonchev–Trinajstić information content (AvgIpc) is 2.94. The van der Waals surface area contributed by atoms with Crippen molar-refractivity contribution in [2.45, 2.75) is 30.8 Å². The number of hydrogen-bond acceptors (Lipinski definition) is 4. The SMILES string of the molecule is Cc1cnn(C2CCN(S(=O)(=O)c3ncccc3Cl)CC2)c1. The van der Waals surface area contributed by atoms with Gasteiger partial charge in [-0.15, -0.1) is 0 Å². The summed E-state index contributed by atoms with van der Waals surface area (Å²) in [5.74, 6) is 0. The van der Waals surface area contributed by atoms with Crippen LogP contribution in [0.5, 0.6) is 0 Å². The summed E-state index contributed by atoms with van der Waals surface area (Å²) < 4.78 is 28.6. The Labute approximate surface area is 134 Å². The van der Waals surface area contributed by atoms with Gasteiger partial charge in [0, 0.05) is 25.5 Å². The minimum absolute atomic E-state index is 0.0648. The fraction of sp³-hybridized carbons (Fsp3) is 0.429. The van der Waals surface area contributed by atoms with Gasteiger partial charge in [0.15, 0.2) is 5.03 Å². The number of pyridine rings is 1. The van der Waals surface area contributed by atoms with Crippen LogP contribution < -0.4 is 0 Å². The molecule has 3 rings (SSSR count). The zero-order valence-electron chi connectivity index (χ0n) is 12.2. The lowest BCUT2D eigenvalue weighted by molar-refractivity contribution is 0.260. The van der Waals surface area contributed by atoms with E-state index in [9.17, 15) is 8.42 Å². The standard InChI is InChI=1S/C14H17ClN4O2S/c1-11-9-17-19(10-11)12-4-7-18(8-5-12)22(20,21)14-13(15)3-2-6-16-14/h2-3,6,9-10,12H,4-5,7-8H2,1H3. The van der Waals surface area contributed by atoms with Crippen molar-refractivity contribution in [3.8, 4) is 0 Å². The maximum absolute atomic E-state index is 12.6. The summed E-state index contributed by atoms with van der Waals surface area (Å²) in [5, 5.41) is 4.41. The molecule has 8 heteroatoms. The highest BCUT2D eigenvalue weighted by Crippen LogP contribution is 2.28. The van der Waals surface area contributed by atoms with Crippen LogP contribution >= 0.6 is 11.6 Å². The van der Waals surface area contributed by atoms with Crippen LogP contribution in [0.1, 0.15) is 24.4 Å². The lowest BCUT2D eigenvalue weighted by Crippen LogP contribution is -2.39. The third-order valence-corrected chi connectivity index (χ3v) is 6.11. The molecule has 0 atom stereocenters. The van der Waals surface area contributed by atoms with Gasteiger partial charge in [-0.05, 0) is 37.5 Å². The Bertz CT molecular complexity index is 767. The Morgan fingerprint density at radius 3 is 2.64 bits per heavy atom. The van der Waals surface area contributed by atoms with E-state index in [1.165, 1.54) is 10.5 Å². The van der Waals surface area contributed by atoms with Crippen LogP contribution in [0.2, 0.25) is 5.02 Å². The Hall–Kier alpha value is -1.44. The lowest BCUT2D eigenvalue weighted by Gasteiger charge is -2.31. The van der Waals surface area contributed by atoms with E-state index in [-0.39, 0.29) is 16.1 Å². The fourth-order valence-electron chi connectivity index (χ4n) is 2.66. The molecule has 22 heavy (non-hydrogen) atoms. The van der Waals surface area contributed by atoms with Crippen molar-refractivity contribution < 1.29 is 8.42 Å². The van der Waals surface area contributed by atoms with Crippen LogP contribution in [0.15, 0.2) is 35.7 Å². The van der Waals surface area contributed by atoms with Crippen molar-refractivity contribution in [2.75, 3.05) is 13.1 Å². The Morgan fingerprint density at radius 1 is 1.32 bits per heavy atom. The van der Waals surface area contributed by atoms with Crippen molar-refractivity contribution in [3.63, 3.8) is 0 Å². The van der Waals surface area contributed by atoms with Gasteiger partial charge >= 0.3 is 0 Å². The molecule has 0 unspecified atom stereocenters. The first kappa shape index (κ1) is 15.5. The quantitative estimate of drug-likeness (QED) is 0.859. The molecule has 2 aromatic heterocycles. The van der Waals surface area contributed by atoms with E-state index in [1.54, 1.807) is 12.1 Å². The van der Waals surface area contributed by atoms with E-state index in [0.717, 1.165) is 18.4 Å². The summed E-state index contributed by atoms with van der Waals surface area (Å²) in [6.45, 7) is 2.88. The zero-order chi connectivity index (χ0) is 15.7. The number of piperidine rings is 1. The molecule has 0 spiro atoms. The van der Waals surface area contributed by atoms with Gasteiger partial charge in [0.25, 0.3) is 10.0 Å². The normalized spacial score (nSPS) is 17.7. The number of hydrogen-bond donors (Lipinski definition) is 0. The first-order valence-corrected chi connectivity index (χ1v) is 8.92. The van der Waals surface area contributed by atoms with E-state index >= 15 is 0 Å². The lowest BCUT2D eigenvalue weighted by atomic mass is 10.1. The number of aryl methyl sites for hydroxylation is 1. The number of halogens is 1. The molecule has 1 saturated heterocycles. The Kier molecular flexibility index (Phi) is 4.20. The highest BCUT2D eigenvalue weighted by atomic mass is 35.5. The molecule has 0 aromatic carbocycles. The molecule has 0 amide bonds. The Balaban J connectivity index is 1.75. The summed E-state index contributed by atoms with van der Waals surface area (Å²) in [6, 6.07) is 3.40. The second-order valence-corrected chi connectivity index (χ2v) is 7.68. The summed E-state index contributed by atoms with van der Waals surface area (Å²) >= 11 is 5.97. The summed E-state index contributed by atoms with van der Waals surface area (Å²) in [4.78, 5) is 3.93. The van der Waals surface area contributed by atoms with Crippen molar-refractivity contribution in [2.24, 2.45) is 0 Å². The minimum atomic E-state index is -3.63. The van der Waals surface area contributed by atoms with Crippen molar-refractivity contribution in [1.82, 2.24) is 19.1 Å². The van der Waals surface area contributed by atoms with Gasteiger partial charge in [-0.25, -0.2) is 13.4 Å². The average molecular weight is 341 g/mol. The monoisotopic (exact) mass is 340 g/mol. The van der Waals surface area contributed by atoms with Gasteiger partial charge in [-0.2, -0.15) is 9.40 Å². The first-order valence-electron chi connectivity index (χ1n) is 7.10. The minimum Gasteiger partial charge on any atom is -0.269 e. The van der Waals surface area contributed by atoms with Crippen LogP contribution in [0, 0.1) is 6.92 Å². The predicted molar refractivity (Wildman–Crippen MR) is 83.2 cm³/mol. The van der Waals surface area contributed by atoms with E-state index in [4.69, 9.17) is 11.6 Å². The number of sulfonamides is 1. The van der Waals surface area contributed by atoms with Crippen molar-refractivity contribution >= 4 is 21.6 Å². The van der Waals surface area contributed by atoms with Crippen LogP contribution in [0.4, 0.5) is 0 Å². The maximum Gasteiger partial charge on any atom is 0.262 e. The molecule has 6 nitrogen and oxygen atoms in total. The summed E-state index contributed by atoms with van der Waals surface area (Å²) in [5.41, 5.74) is 1.11. The molecule has 0 N–H and O–H groups in total. The van der Waals surface area contributed by atoms with Crippen LogP contribution in [-0.2, 0) is 10.0 Å². The molecule has 118 valence electrons. The molecule has 3 heterocycles. The summed E-state index contributed by atoms with van der Waals surface area (Å²) in [7, 11) is -3.63. The number of nitrogens with zero attached hydrogens (tertiary/aromatic N) is 4. The van der Waals surface area contributed by atoms with Gasteiger partial charge in [-0.3, -0.25) is 4.68 Å². The van der Waals surface area contributed by atoms with E-state index < -0.39 is 10.0 Å². The topological polar surface area (TPSA) is 68.1 Å². The molecule has 0 aliphatic carbocycles. The number of aromatic nitrogens is 3. The van der Waals surface area contributed by atoms with Crippen LogP contribution in [0.25, 0.3) is 0 Å². The second kappa shape index (κ2) is 5.98. The van der Waals surface area contributed by atoms with E-state index in [1.807, 2.05) is 24.0 Å². The largest absolute Gasteiger partial charge is 0.269 e. The molecule has 0 saturated carbocycles. The van der Waals surface area contributed by atoms with Crippen LogP contribution in [0.3, 0.4) is 0 Å². The third kappa shape index (κ3) is 2.88. The van der Waals surface area contributed by atoms with Gasteiger partial charge < -0.3 is 0 Å². The molecule has 1 aliphatic heterocycles. The molecule has 0 radical (unpaired) electrons.